The Bertz CT molecular complexity index is 1200. The van der Waals surface area contributed by atoms with Gasteiger partial charge in [-0.25, -0.2) is 4.39 Å². The molecule has 0 aliphatic rings. The first-order valence-electron chi connectivity index (χ1n) is 9.15. The third-order valence-electron chi connectivity index (χ3n) is 4.28. The van der Waals surface area contributed by atoms with Crippen LogP contribution in [0.15, 0.2) is 82.4 Å². The molecule has 1 aromatic heterocycles. The normalized spacial score (nSPS) is 10.8. The number of aromatic nitrogens is 3. The molecule has 4 rings (SSSR count). The predicted octanol–water partition coefficient (Wildman–Crippen LogP) is 6.22. The molecule has 0 saturated carbocycles. The largest absolute Gasteiger partial charge is 0.325 e. The van der Waals surface area contributed by atoms with Gasteiger partial charge in [0.1, 0.15) is 5.82 Å². The first-order valence-corrected chi connectivity index (χ1v) is 11.3. The highest BCUT2D eigenvalue weighted by Gasteiger charge is 2.17. The Morgan fingerprint density at radius 1 is 1.00 bits per heavy atom. The summed E-state index contributed by atoms with van der Waals surface area (Å²) < 4.78 is 16.2. The van der Waals surface area contributed by atoms with Gasteiger partial charge in [-0.1, -0.05) is 39.3 Å². The van der Waals surface area contributed by atoms with Crippen LogP contribution in [0, 0.1) is 5.82 Å². The van der Waals surface area contributed by atoms with Gasteiger partial charge in [0, 0.05) is 26.4 Å². The lowest BCUT2D eigenvalue weighted by atomic mass is 10.2. The molecule has 1 N–H and O–H groups in total. The molecule has 1 heterocycles. The lowest BCUT2D eigenvalue weighted by molar-refractivity contribution is -0.113. The highest BCUT2D eigenvalue weighted by molar-refractivity contribution is 9.10. The number of carbonyl (C=O) groups is 1. The van der Waals surface area contributed by atoms with E-state index >= 15 is 0 Å². The van der Waals surface area contributed by atoms with Crippen molar-refractivity contribution in [1.82, 2.24) is 14.8 Å². The molecule has 9 heteroatoms. The van der Waals surface area contributed by atoms with Gasteiger partial charge in [-0.15, -0.1) is 10.2 Å². The van der Waals surface area contributed by atoms with Crippen LogP contribution in [0.25, 0.3) is 17.1 Å². The minimum absolute atomic E-state index is 0.135. The Labute approximate surface area is 195 Å². The summed E-state index contributed by atoms with van der Waals surface area (Å²) in [5.41, 5.74) is 2.19. The molecule has 0 radical (unpaired) electrons. The van der Waals surface area contributed by atoms with Crippen LogP contribution < -0.4 is 5.32 Å². The van der Waals surface area contributed by atoms with Crippen LogP contribution in [0.3, 0.4) is 0 Å². The Hall–Kier alpha value is -2.68. The highest BCUT2D eigenvalue weighted by Crippen LogP contribution is 2.29. The fourth-order valence-corrected chi connectivity index (χ4v) is 3.97. The smallest absolute Gasteiger partial charge is 0.234 e. The molecule has 0 saturated heterocycles. The number of amides is 1. The molecule has 3 aromatic carbocycles. The summed E-state index contributed by atoms with van der Waals surface area (Å²) in [6.07, 6.45) is 0. The number of hydrogen-bond donors (Lipinski definition) is 1. The second-order valence-corrected chi connectivity index (χ2v) is 8.76. The Morgan fingerprint density at radius 2 is 1.68 bits per heavy atom. The van der Waals surface area contributed by atoms with E-state index in [4.69, 9.17) is 11.6 Å². The van der Waals surface area contributed by atoms with E-state index in [9.17, 15) is 9.18 Å². The molecule has 0 fully saturated rings. The Morgan fingerprint density at radius 3 is 2.35 bits per heavy atom. The Kier molecular flexibility index (Phi) is 6.70. The molecular weight excluding hydrogens is 503 g/mol. The Balaban J connectivity index is 1.59. The van der Waals surface area contributed by atoms with Gasteiger partial charge in [0.05, 0.1) is 5.75 Å². The maximum atomic E-state index is 13.5. The predicted molar refractivity (Wildman–Crippen MR) is 125 cm³/mol. The maximum Gasteiger partial charge on any atom is 0.234 e. The van der Waals surface area contributed by atoms with Crippen LogP contribution in [0.5, 0.6) is 0 Å². The number of carbonyl (C=O) groups excluding carboxylic acids is 1. The third kappa shape index (κ3) is 5.33. The number of halogens is 3. The van der Waals surface area contributed by atoms with Gasteiger partial charge in [-0.05, 0) is 72.8 Å². The van der Waals surface area contributed by atoms with E-state index in [1.165, 1.54) is 23.9 Å². The zero-order chi connectivity index (χ0) is 21.8. The zero-order valence-electron chi connectivity index (χ0n) is 15.9. The number of benzene rings is 3. The standard InChI is InChI=1S/C22H15BrClFN4OS/c23-15-3-9-18(10-4-15)26-20(30)13-31-22-28-27-21(14-1-5-16(24)6-2-14)29(22)19-11-7-17(25)8-12-19/h1-12H,13H2,(H,26,30). The second kappa shape index (κ2) is 9.64. The molecule has 156 valence electrons. The van der Waals surface area contributed by atoms with Gasteiger partial charge in [-0.3, -0.25) is 9.36 Å². The maximum absolute atomic E-state index is 13.5. The molecule has 31 heavy (non-hydrogen) atoms. The van der Waals surface area contributed by atoms with Gasteiger partial charge < -0.3 is 5.32 Å². The van der Waals surface area contributed by atoms with Crippen molar-refractivity contribution in [2.24, 2.45) is 0 Å². The summed E-state index contributed by atoms with van der Waals surface area (Å²) >= 11 is 10.6. The minimum Gasteiger partial charge on any atom is -0.325 e. The molecule has 4 aromatic rings. The average molecular weight is 518 g/mol. The summed E-state index contributed by atoms with van der Waals surface area (Å²) in [5.74, 6) is 0.191. The topological polar surface area (TPSA) is 59.8 Å². The van der Waals surface area contributed by atoms with Crippen LogP contribution in [0.4, 0.5) is 10.1 Å². The molecule has 0 aliphatic carbocycles. The molecule has 0 unspecified atom stereocenters. The summed E-state index contributed by atoms with van der Waals surface area (Å²) in [5, 5.41) is 12.5. The number of rotatable bonds is 6. The molecule has 0 aliphatic heterocycles. The van der Waals surface area contributed by atoms with E-state index in [-0.39, 0.29) is 17.5 Å². The fourth-order valence-electron chi connectivity index (χ4n) is 2.83. The minimum atomic E-state index is -0.340. The summed E-state index contributed by atoms with van der Waals surface area (Å²) in [6.45, 7) is 0. The fraction of sp³-hybridized carbons (Fsp3) is 0.0455. The van der Waals surface area contributed by atoms with Gasteiger partial charge in [0.25, 0.3) is 0 Å². The third-order valence-corrected chi connectivity index (χ3v) is 5.99. The SMILES string of the molecule is O=C(CSc1nnc(-c2ccc(Cl)cc2)n1-c1ccc(F)cc1)Nc1ccc(Br)cc1. The van der Waals surface area contributed by atoms with E-state index in [0.29, 0.717) is 27.4 Å². The number of thioether (sulfide) groups is 1. The van der Waals surface area contributed by atoms with E-state index in [0.717, 1.165) is 10.0 Å². The van der Waals surface area contributed by atoms with Crippen molar-refractivity contribution in [3.05, 3.63) is 88.1 Å². The quantitative estimate of drug-likeness (QED) is 0.309. The van der Waals surface area contributed by atoms with E-state index in [1.807, 2.05) is 36.4 Å². The molecule has 5 nitrogen and oxygen atoms in total. The van der Waals surface area contributed by atoms with Gasteiger partial charge in [0.2, 0.25) is 5.91 Å². The van der Waals surface area contributed by atoms with E-state index in [1.54, 1.807) is 28.8 Å². The lowest BCUT2D eigenvalue weighted by Crippen LogP contribution is -2.14. The van der Waals surface area contributed by atoms with Crippen molar-refractivity contribution >= 4 is 50.9 Å². The zero-order valence-corrected chi connectivity index (χ0v) is 19.1. The van der Waals surface area contributed by atoms with Crippen LogP contribution in [-0.4, -0.2) is 26.4 Å². The summed E-state index contributed by atoms with van der Waals surface area (Å²) in [4.78, 5) is 12.4. The van der Waals surface area contributed by atoms with Crippen LogP contribution in [0.1, 0.15) is 0 Å². The molecule has 0 bridgehead atoms. The number of anilines is 1. The highest BCUT2D eigenvalue weighted by atomic mass is 79.9. The first-order chi connectivity index (χ1) is 15.0. The van der Waals surface area contributed by atoms with E-state index < -0.39 is 0 Å². The van der Waals surface area contributed by atoms with Crippen molar-refractivity contribution in [2.45, 2.75) is 5.16 Å². The summed E-state index contributed by atoms with van der Waals surface area (Å²) in [6, 6.07) is 20.6. The molecular formula is C22H15BrClFN4OS. The summed E-state index contributed by atoms with van der Waals surface area (Å²) in [7, 11) is 0. The van der Waals surface area contributed by atoms with Crippen molar-refractivity contribution in [2.75, 3.05) is 11.1 Å². The van der Waals surface area contributed by atoms with Gasteiger partial charge in [-0.2, -0.15) is 0 Å². The number of nitrogens with one attached hydrogen (secondary N) is 1. The van der Waals surface area contributed by atoms with E-state index in [2.05, 4.69) is 31.4 Å². The van der Waals surface area contributed by atoms with Crippen LogP contribution >= 0.6 is 39.3 Å². The monoisotopic (exact) mass is 516 g/mol. The van der Waals surface area contributed by atoms with Crippen molar-refractivity contribution < 1.29 is 9.18 Å². The molecule has 1 amide bonds. The second-order valence-electron chi connectivity index (χ2n) is 6.47. The van der Waals surface area contributed by atoms with Gasteiger partial charge in [0.15, 0.2) is 11.0 Å². The average Bonchev–Trinajstić information content (AvgIpc) is 3.19. The van der Waals surface area contributed by atoms with Crippen LogP contribution in [-0.2, 0) is 4.79 Å². The molecule has 0 atom stereocenters. The number of hydrogen-bond acceptors (Lipinski definition) is 4. The number of nitrogens with zero attached hydrogens (tertiary/aromatic N) is 3. The van der Waals surface area contributed by atoms with Gasteiger partial charge >= 0.3 is 0 Å². The van der Waals surface area contributed by atoms with Crippen molar-refractivity contribution in [1.29, 1.82) is 0 Å². The first kappa shape index (κ1) is 21.5. The molecule has 0 spiro atoms. The van der Waals surface area contributed by atoms with Crippen molar-refractivity contribution in [3.63, 3.8) is 0 Å². The van der Waals surface area contributed by atoms with Crippen LogP contribution in [0.2, 0.25) is 5.02 Å². The van der Waals surface area contributed by atoms with Crippen molar-refractivity contribution in [3.8, 4) is 17.1 Å². The lowest BCUT2D eigenvalue weighted by Gasteiger charge is -2.11.